The normalized spacial score (nSPS) is 15.1. The van der Waals surface area contributed by atoms with E-state index in [4.69, 9.17) is 9.47 Å². The number of ether oxygens (including phenoxy) is 2. The predicted octanol–water partition coefficient (Wildman–Crippen LogP) is 1.50. The molecule has 5 heteroatoms. The maximum Gasteiger partial charge on any atom is 0.329 e. The summed E-state index contributed by atoms with van der Waals surface area (Å²) in [6.45, 7) is 10.7. The van der Waals surface area contributed by atoms with Gasteiger partial charge in [-0.1, -0.05) is 13.8 Å². The lowest BCUT2D eigenvalue weighted by Gasteiger charge is -2.27. The summed E-state index contributed by atoms with van der Waals surface area (Å²) < 4.78 is 10.2. The summed E-state index contributed by atoms with van der Waals surface area (Å²) in [5.74, 6) is -0.788. The molecular formula is C13H25NO4. The van der Waals surface area contributed by atoms with Crippen LogP contribution < -0.4 is 5.32 Å². The number of hydrogen-bond donors (Lipinski definition) is 1. The quantitative estimate of drug-likeness (QED) is 0.760. The zero-order valence-electron chi connectivity index (χ0n) is 12.4. The molecule has 0 bridgehead atoms. The van der Waals surface area contributed by atoms with Crippen LogP contribution in [0, 0.1) is 5.92 Å². The van der Waals surface area contributed by atoms with Crippen LogP contribution in [-0.2, 0) is 19.1 Å². The van der Waals surface area contributed by atoms with Crippen LogP contribution in [0.15, 0.2) is 0 Å². The first-order valence-corrected chi connectivity index (χ1v) is 6.14. The van der Waals surface area contributed by atoms with Gasteiger partial charge in [-0.3, -0.25) is 4.79 Å². The molecule has 0 radical (unpaired) electrons. The highest BCUT2D eigenvalue weighted by Crippen LogP contribution is 2.12. The lowest BCUT2D eigenvalue weighted by Crippen LogP contribution is -2.50. The van der Waals surface area contributed by atoms with Crippen molar-refractivity contribution in [3.05, 3.63) is 0 Å². The summed E-state index contributed by atoms with van der Waals surface area (Å²) in [5.41, 5.74) is -0.568. The van der Waals surface area contributed by atoms with E-state index in [0.29, 0.717) is 0 Å². The molecule has 1 unspecified atom stereocenters. The molecule has 0 aliphatic carbocycles. The Morgan fingerprint density at radius 3 is 1.94 bits per heavy atom. The summed E-state index contributed by atoms with van der Waals surface area (Å²) in [6, 6.07) is -0.658. The standard InChI is InChI=1S/C13H25NO4/c1-8(2)10(12(16)18-13(4,5)6)14-11(15)9(3)17-7/h8-10H,1-7H3,(H,14,15)/t9?,10-/m1/s1. The van der Waals surface area contributed by atoms with E-state index in [-0.39, 0.29) is 11.8 Å². The van der Waals surface area contributed by atoms with Gasteiger partial charge in [-0.15, -0.1) is 0 Å². The number of methoxy groups -OCH3 is 1. The summed E-state index contributed by atoms with van der Waals surface area (Å²) in [5, 5.41) is 2.65. The van der Waals surface area contributed by atoms with Crippen molar-refractivity contribution in [2.24, 2.45) is 5.92 Å². The van der Waals surface area contributed by atoms with Crippen LogP contribution in [0.25, 0.3) is 0 Å². The minimum Gasteiger partial charge on any atom is -0.458 e. The summed E-state index contributed by atoms with van der Waals surface area (Å²) in [4.78, 5) is 23.7. The summed E-state index contributed by atoms with van der Waals surface area (Å²) in [7, 11) is 1.45. The Kier molecular flexibility index (Phi) is 6.32. The van der Waals surface area contributed by atoms with Crippen molar-refractivity contribution >= 4 is 11.9 Å². The van der Waals surface area contributed by atoms with Gasteiger partial charge in [-0.2, -0.15) is 0 Å². The van der Waals surface area contributed by atoms with E-state index in [1.165, 1.54) is 7.11 Å². The van der Waals surface area contributed by atoms with E-state index < -0.39 is 23.7 Å². The lowest BCUT2D eigenvalue weighted by molar-refractivity contribution is -0.160. The van der Waals surface area contributed by atoms with Gasteiger partial charge in [0.1, 0.15) is 17.7 Å². The van der Waals surface area contributed by atoms with Crippen molar-refractivity contribution < 1.29 is 19.1 Å². The van der Waals surface area contributed by atoms with Crippen LogP contribution in [-0.4, -0.2) is 36.7 Å². The van der Waals surface area contributed by atoms with Crippen LogP contribution in [0.3, 0.4) is 0 Å². The van der Waals surface area contributed by atoms with Crippen LogP contribution in [0.5, 0.6) is 0 Å². The molecule has 0 aliphatic rings. The van der Waals surface area contributed by atoms with Gasteiger partial charge >= 0.3 is 5.97 Å². The molecule has 2 atom stereocenters. The van der Waals surface area contributed by atoms with Gasteiger partial charge in [-0.25, -0.2) is 4.79 Å². The third kappa shape index (κ3) is 6.00. The Bertz CT molecular complexity index is 294. The molecule has 0 aromatic carbocycles. The second-order valence-corrected chi connectivity index (χ2v) is 5.64. The number of esters is 1. The molecular weight excluding hydrogens is 234 g/mol. The average Bonchev–Trinajstić information content (AvgIpc) is 2.21. The molecule has 0 fully saturated rings. The molecule has 0 saturated carbocycles. The van der Waals surface area contributed by atoms with Crippen LogP contribution in [0.4, 0.5) is 0 Å². The fourth-order valence-electron chi connectivity index (χ4n) is 1.24. The number of hydrogen-bond acceptors (Lipinski definition) is 4. The van der Waals surface area contributed by atoms with E-state index in [1.807, 2.05) is 13.8 Å². The van der Waals surface area contributed by atoms with Gasteiger partial charge in [-0.05, 0) is 33.6 Å². The fourth-order valence-corrected chi connectivity index (χ4v) is 1.24. The zero-order chi connectivity index (χ0) is 14.5. The summed E-state index contributed by atoms with van der Waals surface area (Å²) in [6.07, 6.45) is -0.589. The van der Waals surface area contributed by atoms with Crippen molar-refractivity contribution in [3.8, 4) is 0 Å². The first-order valence-electron chi connectivity index (χ1n) is 6.14. The largest absolute Gasteiger partial charge is 0.458 e. The number of carbonyl (C=O) groups excluding carboxylic acids is 2. The number of amides is 1. The number of carbonyl (C=O) groups is 2. The van der Waals surface area contributed by atoms with E-state index >= 15 is 0 Å². The molecule has 0 aliphatic heterocycles. The lowest BCUT2D eigenvalue weighted by atomic mass is 10.0. The minimum absolute atomic E-state index is 0.0483. The third-order valence-electron chi connectivity index (χ3n) is 2.35. The Hall–Kier alpha value is -1.10. The Morgan fingerprint density at radius 1 is 1.11 bits per heavy atom. The van der Waals surface area contributed by atoms with Crippen molar-refractivity contribution in [1.82, 2.24) is 5.32 Å². The molecule has 0 aromatic rings. The predicted molar refractivity (Wildman–Crippen MR) is 69.1 cm³/mol. The van der Waals surface area contributed by atoms with E-state index in [0.717, 1.165) is 0 Å². The molecule has 5 nitrogen and oxygen atoms in total. The molecule has 0 aromatic heterocycles. The SMILES string of the molecule is COC(C)C(=O)N[C@@H](C(=O)OC(C)(C)C)C(C)C. The third-order valence-corrected chi connectivity index (χ3v) is 2.35. The van der Waals surface area contributed by atoms with Gasteiger partial charge in [0.2, 0.25) is 5.91 Å². The second-order valence-electron chi connectivity index (χ2n) is 5.64. The number of nitrogens with one attached hydrogen (secondary N) is 1. The van der Waals surface area contributed by atoms with Gasteiger partial charge in [0, 0.05) is 7.11 Å². The first kappa shape index (κ1) is 16.9. The number of rotatable bonds is 5. The van der Waals surface area contributed by atoms with Crippen molar-refractivity contribution in [1.29, 1.82) is 0 Å². The highest BCUT2D eigenvalue weighted by molar-refractivity contribution is 5.87. The monoisotopic (exact) mass is 259 g/mol. The highest BCUT2D eigenvalue weighted by atomic mass is 16.6. The second kappa shape index (κ2) is 6.73. The molecule has 0 rings (SSSR count). The smallest absolute Gasteiger partial charge is 0.329 e. The zero-order valence-corrected chi connectivity index (χ0v) is 12.4. The maximum absolute atomic E-state index is 12.0. The van der Waals surface area contributed by atoms with Gasteiger partial charge in [0.05, 0.1) is 0 Å². The van der Waals surface area contributed by atoms with Gasteiger partial charge in [0.15, 0.2) is 0 Å². The van der Waals surface area contributed by atoms with Crippen molar-refractivity contribution in [3.63, 3.8) is 0 Å². The summed E-state index contributed by atoms with van der Waals surface area (Å²) >= 11 is 0. The van der Waals surface area contributed by atoms with Crippen molar-refractivity contribution in [2.45, 2.75) is 59.3 Å². The Labute approximate surface area is 109 Å². The topological polar surface area (TPSA) is 64.6 Å². The Morgan fingerprint density at radius 2 is 1.61 bits per heavy atom. The Balaban J connectivity index is 4.68. The molecule has 0 heterocycles. The van der Waals surface area contributed by atoms with E-state index in [2.05, 4.69) is 5.32 Å². The molecule has 0 saturated heterocycles. The minimum atomic E-state index is -0.658. The van der Waals surface area contributed by atoms with E-state index in [9.17, 15) is 9.59 Å². The molecule has 1 N–H and O–H groups in total. The van der Waals surface area contributed by atoms with Crippen LogP contribution >= 0.6 is 0 Å². The maximum atomic E-state index is 12.0. The van der Waals surface area contributed by atoms with Crippen LogP contribution in [0.2, 0.25) is 0 Å². The van der Waals surface area contributed by atoms with Gasteiger partial charge in [0.25, 0.3) is 0 Å². The molecule has 106 valence electrons. The van der Waals surface area contributed by atoms with E-state index in [1.54, 1.807) is 27.7 Å². The first-order chi connectivity index (χ1) is 8.08. The molecule has 0 spiro atoms. The molecule has 1 amide bonds. The average molecular weight is 259 g/mol. The van der Waals surface area contributed by atoms with Crippen LogP contribution in [0.1, 0.15) is 41.5 Å². The fraction of sp³-hybridized carbons (Fsp3) is 0.846. The van der Waals surface area contributed by atoms with Crippen molar-refractivity contribution in [2.75, 3.05) is 7.11 Å². The molecule has 18 heavy (non-hydrogen) atoms. The van der Waals surface area contributed by atoms with Gasteiger partial charge < -0.3 is 14.8 Å². The highest BCUT2D eigenvalue weighted by Gasteiger charge is 2.30.